The second kappa shape index (κ2) is 9.74. The number of carbonyl (C=O) groups is 3. The molecule has 3 N–H and O–H groups in total. The summed E-state index contributed by atoms with van der Waals surface area (Å²) in [6.45, 7) is 0.925. The van der Waals surface area contributed by atoms with E-state index in [9.17, 15) is 27.6 Å². The van der Waals surface area contributed by atoms with E-state index in [1.165, 1.54) is 11.0 Å². The van der Waals surface area contributed by atoms with Gasteiger partial charge >= 0.3 is 12.1 Å². The largest absolute Gasteiger partial charge is 0.481 e. The van der Waals surface area contributed by atoms with E-state index in [-0.39, 0.29) is 31.4 Å². The normalized spacial score (nSPS) is 19.6. The van der Waals surface area contributed by atoms with Gasteiger partial charge in [-0.3, -0.25) is 19.3 Å². The van der Waals surface area contributed by atoms with Gasteiger partial charge in [-0.2, -0.15) is 13.2 Å². The third-order valence-electron chi connectivity index (χ3n) is 4.25. The second-order valence-electron chi connectivity index (χ2n) is 6.28. The number of halogens is 4. The zero-order valence-electron chi connectivity index (χ0n) is 15.0. The summed E-state index contributed by atoms with van der Waals surface area (Å²) < 4.78 is 38.9. The van der Waals surface area contributed by atoms with Gasteiger partial charge in [-0.25, -0.2) is 0 Å². The number of nitrogens with zero attached hydrogens (tertiary/aromatic N) is 1. The zero-order chi connectivity index (χ0) is 20.2. The van der Waals surface area contributed by atoms with Crippen molar-refractivity contribution in [3.05, 3.63) is 29.8 Å². The van der Waals surface area contributed by atoms with E-state index in [1.54, 1.807) is 25.1 Å². The number of hydrogen-bond donors (Lipinski definition) is 3. The van der Waals surface area contributed by atoms with Crippen LogP contribution < -0.4 is 10.6 Å². The van der Waals surface area contributed by atoms with Crippen LogP contribution in [-0.4, -0.2) is 60.1 Å². The van der Waals surface area contributed by atoms with Gasteiger partial charge in [-0.1, -0.05) is 6.07 Å². The molecular formula is C17H21ClF3N3O4. The van der Waals surface area contributed by atoms with Gasteiger partial charge in [-0.15, -0.1) is 12.4 Å². The molecule has 1 saturated heterocycles. The van der Waals surface area contributed by atoms with E-state index in [2.05, 4.69) is 10.6 Å². The minimum atomic E-state index is -4.64. The monoisotopic (exact) mass is 423 g/mol. The number of carboxylic acid groups (broad SMARTS) is 1. The van der Waals surface area contributed by atoms with Gasteiger partial charge in [0.1, 0.15) is 0 Å². The number of amides is 2. The third kappa shape index (κ3) is 6.10. The molecule has 0 aromatic heterocycles. The lowest BCUT2D eigenvalue weighted by atomic mass is 9.96. The summed E-state index contributed by atoms with van der Waals surface area (Å²) in [4.78, 5) is 36.2. The Bertz CT molecular complexity index is 730. The van der Waals surface area contributed by atoms with Crippen molar-refractivity contribution in [1.29, 1.82) is 0 Å². The van der Waals surface area contributed by atoms with Gasteiger partial charge in [0.2, 0.25) is 5.91 Å². The molecule has 1 fully saturated rings. The van der Waals surface area contributed by atoms with Crippen molar-refractivity contribution in [3.63, 3.8) is 0 Å². The van der Waals surface area contributed by atoms with E-state index in [0.717, 1.165) is 0 Å². The number of alkyl halides is 3. The fourth-order valence-electron chi connectivity index (χ4n) is 3.00. The first kappa shape index (κ1) is 23.7. The summed E-state index contributed by atoms with van der Waals surface area (Å²) in [6.07, 6.45) is -4.64. The van der Waals surface area contributed by atoms with Crippen molar-refractivity contribution in [2.24, 2.45) is 11.8 Å². The highest BCUT2D eigenvalue weighted by Gasteiger charge is 2.52. The van der Waals surface area contributed by atoms with Gasteiger partial charge < -0.3 is 15.7 Å². The molecule has 11 heteroatoms. The van der Waals surface area contributed by atoms with Gasteiger partial charge in [0.15, 0.2) is 0 Å². The summed E-state index contributed by atoms with van der Waals surface area (Å²) in [5.41, 5.74) is 0.656. The Morgan fingerprint density at radius 1 is 1.25 bits per heavy atom. The topological polar surface area (TPSA) is 98.7 Å². The highest BCUT2D eigenvalue weighted by Crippen LogP contribution is 2.37. The molecule has 156 valence electrons. The number of hydrogen-bond acceptors (Lipinski definition) is 4. The van der Waals surface area contributed by atoms with Crippen molar-refractivity contribution >= 4 is 35.9 Å². The van der Waals surface area contributed by atoms with E-state index >= 15 is 0 Å². The lowest BCUT2D eigenvalue weighted by Crippen LogP contribution is -2.34. The molecule has 1 aromatic rings. The maximum absolute atomic E-state index is 13.0. The van der Waals surface area contributed by atoms with Crippen LogP contribution in [0, 0.1) is 11.8 Å². The Labute approximate surface area is 165 Å². The standard InChI is InChI=1S/C17H20F3N3O4.ClH/c1-2-21-15(25)10-4-3-5-11(6-10)22-14(24)9-23-7-12(16(26)27)13(8-23)17(18,19)20;/h3-6,12-13H,2,7-9H2,1H3,(H,21,25)(H,22,24)(H,26,27);1H/t12-,13-;/m1./s1. The van der Waals surface area contributed by atoms with Crippen molar-refractivity contribution in [1.82, 2.24) is 10.2 Å². The molecule has 0 unspecified atom stereocenters. The molecule has 2 rings (SSSR count). The number of carbonyl (C=O) groups excluding carboxylic acids is 2. The molecule has 0 spiro atoms. The number of nitrogens with one attached hydrogen (secondary N) is 2. The fraction of sp³-hybridized carbons (Fsp3) is 0.471. The molecular weight excluding hydrogens is 403 g/mol. The fourth-order valence-corrected chi connectivity index (χ4v) is 3.00. The highest BCUT2D eigenvalue weighted by atomic mass is 35.5. The number of anilines is 1. The summed E-state index contributed by atoms with van der Waals surface area (Å²) in [6, 6.07) is 6.12. The maximum atomic E-state index is 13.0. The molecule has 1 aromatic carbocycles. The number of carboxylic acids is 1. The van der Waals surface area contributed by atoms with Gasteiger partial charge in [-0.05, 0) is 25.1 Å². The minimum Gasteiger partial charge on any atom is -0.481 e. The van der Waals surface area contributed by atoms with E-state index in [0.29, 0.717) is 17.8 Å². The Kier molecular flexibility index (Phi) is 8.25. The average Bonchev–Trinajstić information content (AvgIpc) is 2.99. The van der Waals surface area contributed by atoms with Crippen LogP contribution in [0.15, 0.2) is 24.3 Å². The third-order valence-corrected chi connectivity index (χ3v) is 4.25. The van der Waals surface area contributed by atoms with Crippen LogP contribution in [0.1, 0.15) is 17.3 Å². The van der Waals surface area contributed by atoms with E-state index in [4.69, 9.17) is 5.11 Å². The predicted octanol–water partition coefficient (Wildman–Crippen LogP) is 1.99. The first-order valence-electron chi connectivity index (χ1n) is 8.31. The number of aliphatic carboxylic acids is 1. The molecule has 7 nitrogen and oxygen atoms in total. The number of rotatable bonds is 6. The summed E-state index contributed by atoms with van der Waals surface area (Å²) in [5.74, 6) is -6.04. The summed E-state index contributed by atoms with van der Waals surface area (Å²) >= 11 is 0. The van der Waals surface area contributed by atoms with Crippen molar-refractivity contribution < 1.29 is 32.7 Å². The molecule has 1 aliphatic heterocycles. The van der Waals surface area contributed by atoms with Gasteiger partial charge in [0.25, 0.3) is 5.91 Å². The average molecular weight is 424 g/mol. The Morgan fingerprint density at radius 3 is 2.46 bits per heavy atom. The quantitative estimate of drug-likeness (QED) is 0.650. The molecule has 0 bridgehead atoms. The highest BCUT2D eigenvalue weighted by molar-refractivity contribution is 5.97. The number of likely N-dealkylation sites (tertiary alicyclic amines) is 1. The van der Waals surface area contributed by atoms with Crippen LogP contribution in [0.25, 0.3) is 0 Å². The lowest BCUT2D eigenvalue weighted by molar-refractivity contribution is -0.188. The van der Waals surface area contributed by atoms with Crippen LogP contribution >= 0.6 is 12.4 Å². The Hall–Kier alpha value is -2.33. The van der Waals surface area contributed by atoms with Crippen LogP contribution in [0.4, 0.5) is 18.9 Å². The SMILES string of the molecule is CCNC(=O)c1cccc(NC(=O)CN2C[C@@H](C(F)(F)F)[C@H](C(=O)O)C2)c1.Cl. The number of benzene rings is 1. The Balaban J connectivity index is 0.00000392. The van der Waals surface area contributed by atoms with E-state index < -0.39 is 36.4 Å². The first-order valence-corrected chi connectivity index (χ1v) is 8.31. The van der Waals surface area contributed by atoms with Gasteiger partial charge in [0, 0.05) is 30.9 Å². The molecule has 1 aliphatic rings. The predicted molar refractivity (Wildman–Crippen MR) is 97.4 cm³/mol. The summed E-state index contributed by atoms with van der Waals surface area (Å²) in [7, 11) is 0. The molecule has 2 amide bonds. The molecule has 2 atom stereocenters. The van der Waals surface area contributed by atoms with Crippen LogP contribution in [0.2, 0.25) is 0 Å². The summed E-state index contributed by atoms with van der Waals surface area (Å²) in [5, 5.41) is 14.1. The van der Waals surface area contributed by atoms with Crippen molar-refractivity contribution in [3.8, 4) is 0 Å². The van der Waals surface area contributed by atoms with Crippen LogP contribution in [-0.2, 0) is 9.59 Å². The molecule has 0 radical (unpaired) electrons. The molecule has 0 aliphatic carbocycles. The smallest absolute Gasteiger partial charge is 0.393 e. The van der Waals surface area contributed by atoms with Gasteiger partial charge in [0.05, 0.1) is 18.4 Å². The van der Waals surface area contributed by atoms with Crippen LogP contribution in [0.5, 0.6) is 0 Å². The molecule has 28 heavy (non-hydrogen) atoms. The minimum absolute atomic E-state index is 0. The first-order chi connectivity index (χ1) is 12.6. The van der Waals surface area contributed by atoms with Crippen LogP contribution in [0.3, 0.4) is 0 Å². The van der Waals surface area contributed by atoms with E-state index in [1.807, 2.05) is 0 Å². The van der Waals surface area contributed by atoms with Crippen molar-refractivity contribution in [2.75, 3.05) is 31.5 Å². The maximum Gasteiger partial charge on any atom is 0.393 e. The zero-order valence-corrected chi connectivity index (χ0v) is 15.8. The van der Waals surface area contributed by atoms with Crippen molar-refractivity contribution in [2.45, 2.75) is 13.1 Å². The second-order valence-corrected chi connectivity index (χ2v) is 6.28. The Morgan fingerprint density at radius 2 is 1.93 bits per heavy atom. The molecule has 1 heterocycles. The lowest BCUT2D eigenvalue weighted by Gasteiger charge is -2.18. The molecule has 0 saturated carbocycles.